The lowest BCUT2D eigenvalue weighted by atomic mass is 9.88. The Kier molecular flexibility index (Phi) is 5.77. The van der Waals surface area contributed by atoms with Crippen molar-refractivity contribution in [2.24, 2.45) is 5.92 Å². The van der Waals surface area contributed by atoms with Crippen molar-refractivity contribution in [3.63, 3.8) is 0 Å². The maximum absolute atomic E-state index is 13.1. The zero-order valence-corrected chi connectivity index (χ0v) is 17.6. The fourth-order valence-electron chi connectivity index (χ4n) is 4.21. The van der Waals surface area contributed by atoms with Crippen LogP contribution in [-0.2, 0) is 0 Å². The number of carbonyl (C=O) groups excluding carboxylic acids is 3. The first-order valence-corrected chi connectivity index (χ1v) is 10.6. The molecule has 3 amide bonds. The molecule has 6 nitrogen and oxygen atoms in total. The lowest BCUT2D eigenvalue weighted by Crippen LogP contribution is -2.42. The molecule has 2 aliphatic heterocycles. The third kappa shape index (κ3) is 4.05. The van der Waals surface area contributed by atoms with Gasteiger partial charge in [0.05, 0.1) is 0 Å². The van der Waals surface area contributed by atoms with Crippen LogP contribution in [0.2, 0.25) is 5.02 Å². The van der Waals surface area contributed by atoms with Crippen LogP contribution in [0.3, 0.4) is 0 Å². The molecule has 0 saturated carbocycles. The highest BCUT2D eigenvalue weighted by molar-refractivity contribution is 6.30. The highest BCUT2D eigenvalue weighted by Gasteiger charge is 2.30. The fourth-order valence-corrected chi connectivity index (χ4v) is 4.43. The number of Topliss-reactive ketones (excluding diaryl/α,β-unsaturated/α-hetero) is 1. The number of piperidine rings is 1. The van der Waals surface area contributed by atoms with Crippen molar-refractivity contribution < 1.29 is 14.4 Å². The summed E-state index contributed by atoms with van der Waals surface area (Å²) >= 11 is 6.02. The van der Waals surface area contributed by atoms with E-state index in [0.717, 1.165) is 18.4 Å². The van der Waals surface area contributed by atoms with Crippen LogP contribution in [0.4, 0.5) is 10.5 Å². The molecular weight excluding hydrogens is 402 g/mol. The predicted octanol–water partition coefficient (Wildman–Crippen LogP) is 3.91. The third-order valence-corrected chi connectivity index (χ3v) is 6.03. The van der Waals surface area contributed by atoms with Crippen molar-refractivity contribution in [2.45, 2.75) is 19.8 Å². The van der Waals surface area contributed by atoms with Gasteiger partial charge in [-0.3, -0.25) is 14.5 Å². The average Bonchev–Trinajstić information content (AvgIpc) is 3.19. The molecule has 2 aliphatic rings. The minimum atomic E-state index is -0.227. The normalized spacial score (nSPS) is 19.0. The number of carbonyl (C=O) groups is 3. The minimum absolute atomic E-state index is 0.0594. The van der Waals surface area contributed by atoms with Gasteiger partial charge in [0, 0.05) is 53.9 Å². The molecule has 2 fully saturated rings. The molecule has 0 spiro atoms. The molecule has 2 aromatic rings. The highest BCUT2D eigenvalue weighted by atomic mass is 35.5. The van der Waals surface area contributed by atoms with Gasteiger partial charge in [-0.1, -0.05) is 17.7 Å². The molecule has 0 aromatic heterocycles. The number of benzene rings is 2. The van der Waals surface area contributed by atoms with Gasteiger partial charge in [0.25, 0.3) is 5.91 Å². The number of anilines is 1. The Morgan fingerprint density at radius 1 is 1.13 bits per heavy atom. The van der Waals surface area contributed by atoms with Crippen LogP contribution < -0.4 is 10.2 Å². The second-order valence-electron chi connectivity index (χ2n) is 7.85. The first-order valence-electron chi connectivity index (χ1n) is 10.2. The van der Waals surface area contributed by atoms with Crippen LogP contribution in [0.1, 0.15) is 39.1 Å². The molecule has 2 aromatic carbocycles. The Hall–Kier alpha value is -2.86. The van der Waals surface area contributed by atoms with E-state index >= 15 is 0 Å². The quantitative estimate of drug-likeness (QED) is 0.755. The van der Waals surface area contributed by atoms with Gasteiger partial charge in [-0.05, 0) is 61.7 Å². The van der Waals surface area contributed by atoms with Gasteiger partial charge in [0.15, 0.2) is 5.78 Å². The van der Waals surface area contributed by atoms with Crippen LogP contribution >= 0.6 is 11.6 Å². The van der Waals surface area contributed by atoms with Crippen molar-refractivity contribution >= 4 is 35.0 Å². The van der Waals surface area contributed by atoms with Gasteiger partial charge in [-0.25, -0.2) is 4.79 Å². The van der Waals surface area contributed by atoms with Crippen molar-refractivity contribution in [3.05, 3.63) is 64.2 Å². The Morgan fingerprint density at radius 2 is 1.97 bits per heavy atom. The number of urea groups is 1. The topological polar surface area (TPSA) is 69.7 Å². The van der Waals surface area contributed by atoms with Gasteiger partial charge in [0.2, 0.25) is 0 Å². The molecule has 1 N–H and O–H groups in total. The Balaban J connectivity index is 1.50. The molecule has 156 valence electrons. The van der Waals surface area contributed by atoms with Crippen LogP contribution in [0, 0.1) is 12.8 Å². The van der Waals surface area contributed by atoms with Crippen LogP contribution in [0.25, 0.3) is 0 Å². The number of likely N-dealkylation sites (tertiary alicyclic amines) is 1. The number of hydrogen-bond donors (Lipinski definition) is 1. The van der Waals surface area contributed by atoms with Crippen molar-refractivity contribution in [1.29, 1.82) is 0 Å². The fraction of sp³-hybridized carbons (Fsp3) is 0.348. The van der Waals surface area contributed by atoms with Crippen molar-refractivity contribution in [3.8, 4) is 0 Å². The molecule has 2 heterocycles. The summed E-state index contributed by atoms with van der Waals surface area (Å²) in [6, 6.07) is 12.3. The first-order chi connectivity index (χ1) is 14.4. The SMILES string of the molecule is Cc1cc(Cl)ccc1C(=O)[C@@H]1CCCN(C(=O)c2cccc(N3CCNC3=O)c2)C1. The second kappa shape index (κ2) is 8.48. The molecule has 0 radical (unpaired) electrons. The molecule has 4 rings (SSSR count). The maximum atomic E-state index is 13.1. The van der Waals surface area contributed by atoms with Crippen LogP contribution in [0.5, 0.6) is 0 Å². The van der Waals surface area contributed by atoms with E-state index in [1.807, 2.05) is 13.0 Å². The largest absolute Gasteiger partial charge is 0.338 e. The lowest BCUT2D eigenvalue weighted by molar-refractivity contribution is 0.0636. The van der Waals surface area contributed by atoms with E-state index < -0.39 is 0 Å². The monoisotopic (exact) mass is 425 g/mol. The Labute approximate surface area is 180 Å². The summed E-state index contributed by atoms with van der Waals surface area (Å²) in [5.41, 5.74) is 2.76. The van der Waals surface area contributed by atoms with Gasteiger partial charge >= 0.3 is 6.03 Å². The lowest BCUT2D eigenvalue weighted by Gasteiger charge is -2.32. The van der Waals surface area contributed by atoms with E-state index in [4.69, 9.17) is 11.6 Å². The van der Waals surface area contributed by atoms with Gasteiger partial charge < -0.3 is 10.2 Å². The number of nitrogens with zero attached hydrogens (tertiary/aromatic N) is 2. The standard InChI is InChI=1S/C23H24ClN3O3/c1-15-12-18(24)7-8-20(15)21(28)17-5-3-10-26(14-17)22(29)16-4-2-6-19(13-16)27-11-9-25-23(27)30/h2,4,6-8,12-13,17H,3,5,9-11,14H2,1H3,(H,25,30)/t17-/m1/s1. The number of halogens is 1. The highest BCUT2D eigenvalue weighted by Crippen LogP contribution is 2.26. The summed E-state index contributed by atoms with van der Waals surface area (Å²) in [5.74, 6) is -0.277. The van der Waals surface area contributed by atoms with E-state index in [-0.39, 0.29) is 23.6 Å². The van der Waals surface area contributed by atoms with E-state index in [2.05, 4.69) is 5.32 Å². The smallest absolute Gasteiger partial charge is 0.321 e. The maximum Gasteiger partial charge on any atom is 0.321 e. The van der Waals surface area contributed by atoms with Crippen molar-refractivity contribution in [2.75, 3.05) is 31.1 Å². The molecule has 0 unspecified atom stereocenters. The molecule has 30 heavy (non-hydrogen) atoms. The summed E-state index contributed by atoms with van der Waals surface area (Å²) in [6.45, 7) is 4.07. The zero-order valence-electron chi connectivity index (χ0n) is 16.9. The average molecular weight is 426 g/mol. The number of rotatable bonds is 4. The minimum Gasteiger partial charge on any atom is -0.338 e. The summed E-state index contributed by atoms with van der Waals surface area (Å²) in [6.07, 6.45) is 1.54. The number of hydrogen-bond acceptors (Lipinski definition) is 3. The number of ketones is 1. The zero-order chi connectivity index (χ0) is 21.3. The van der Waals surface area contributed by atoms with Crippen molar-refractivity contribution in [1.82, 2.24) is 10.2 Å². The summed E-state index contributed by atoms with van der Waals surface area (Å²) in [4.78, 5) is 41.5. The summed E-state index contributed by atoms with van der Waals surface area (Å²) in [7, 11) is 0. The summed E-state index contributed by atoms with van der Waals surface area (Å²) in [5, 5.41) is 3.38. The number of amides is 3. The van der Waals surface area contributed by atoms with E-state index in [1.54, 1.807) is 46.2 Å². The van der Waals surface area contributed by atoms with Gasteiger partial charge in [-0.15, -0.1) is 0 Å². The van der Waals surface area contributed by atoms with Gasteiger partial charge in [-0.2, -0.15) is 0 Å². The molecule has 0 aliphatic carbocycles. The number of nitrogens with one attached hydrogen (secondary N) is 1. The van der Waals surface area contributed by atoms with Crippen LogP contribution in [-0.4, -0.2) is 48.8 Å². The third-order valence-electron chi connectivity index (χ3n) is 5.79. The second-order valence-corrected chi connectivity index (χ2v) is 8.28. The van der Waals surface area contributed by atoms with E-state index in [0.29, 0.717) is 48.0 Å². The molecule has 7 heteroatoms. The van der Waals surface area contributed by atoms with Gasteiger partial charge in [0.1, 0.15) is 0 Å². The molecular formula is C23H24ClN3O3. The van der Waals surface area contributed by atoms with Crippen LogP contribution in [0.15, 0.2) is 42.5 Å². The van der Waals surface area contributed by atoms with E-state index in [9.17, 15) is 14.4 Å². The molecule has 2 saturated heterocycles. The molecule has 1 atom stereocenters. The number of aryl methyl sites for hydroxylation is 1. The molecule has 0 bridgehead atoms. The predicted molar refractivity (Wildman–Crippen MR) is 116 cm³/mol. The first kappa shape index (κ1) is 20.4. The summed E-state index contributed by atoms with van der Waals surface area (Å²) < 4.78 is 0. The Bertz CT molecular complexity index is 1010. The Morgan fingerprint density at radius 3 is 2.70 bits per heavy atom. The van der Waals surface area contributed by atoms with E-state index in [1.165, 1.54) is 0 Å².